The molecule has 120 valence electrons. The third kappa shape index (κ3) is 6.27. The summed E-state index contributed by atoms with van der Waals surface area (Å²) < 4.78 is 72.1. The van der Waals surface area contributed by atoms with Crippen LogP contribution >= 0.6 is 27.5 Å². The minimum Gasteiger partial charge on any atom is -0.166 e. The van der Waals surface area contributed by atoms with Gasteiger partial charge in [-0.1, -0.05) is 33.6 Å². The predicted molar refractivity (Wildman–Crippen MR) is 75.6 cm³/mol. The lowest BCUT2D eigenvalue weighted by atomic mass is 10.2. The normalized spacial score (nSPS) is 11.6. The molecule has 2 aromatic carbocycles. The van der Waals surface area contributed by atoms with E-state index < -0.39 is 23.5 Å². The van der Waals surface area contributed by atoms with Gasteiger partial charge in [0.15, 0.2) is 0 Å². The fraction of sp³-hybridized carbons (Fsp3) is 0.143. The monoisotopic (exact) mass is 404 g/mol. The van der Waals surface area contributed by atoms with Gasteiger partial charge in [-0.2, -0.15) is 26.3 Å². The molecule has 2 aromatic rings. The molecule has 0 aromatic heterocycles. The largest absolute Gasteiger partial charge is 0.416 e. The highest BCUT2D eigenvalue weighted by molar-refractivity contribution is 9.10. The maximum Gasteiger partial charge on any atom is 0.416 e. The first-order valence-electron chi connectivity index (χ1n) is 5.65. The van der Waals surface area contributed by atoms with Crippen LogP contribution in [0.4, 0.5) is 26.3 Å². The zero-order chi connectivity index (χ0) is 17.0. The Morgan fingerprint density at radius 3 is 1.59 bits per heavy atom. The summed E-state index contributed by atoms with van der Waals surface area (Å²) in [6, 6.07) is 9.33. The summed E-state index contributed by atoms with van der Waals surface area (Å²) in [5.41, 5.74) is -1.34. The molecule has 0 nitrogen and oxygen atoms in total. The minimum atomic E-state index is -4.30. The molecule has 0 aliphatic heterocycles. The average molecular weight is 406 g/mol. The van der Waals surface area contributed by atoms with Crippen LogP contribution in [0.5, 0.6) is 0 Å². The first-order valence-corrected chi connectivity index (χ1v) is 6.83. The third-order valence-corrected chi connectivity index (χ3v) is 3.09. The van der Waals surface area contributed by atoms with Gasteiger partial charge in [-0.05, 0) is 42.5 Å². The molecule has 0 N–H and O–H groups in total. The zero-order valence-corrected chi connectivity index (χ0v) is 13.0. The van der Waals surface area contributed by atoms with Crippen LogP contribution in [0.3, 0.4) is 0 Å². The molecular weight excluding hydrogens is 397 g/mol. The van der Waals surface area contributed by atoms with Crippen molar-refractivity contribution < 1.29 is 26.3 Å². The van der Waals surface area contributed by atoms with Gasteiger partial charge in [-0.15, -0.1) is 0 Å². The van der Waals surface area contributed by atoms with Gasteiger partial charge in [0.25, 0.3) is 0 Å². The van der Waals surface area contributed by atoms with Crippen LogP contribution in [-0.2, 0) is 12.4 Å². The number of alkyl halides is 6. The second kappa shape index (κ2) is 7.37. The molecule has 0 radical (unpaired) electrons. The molecule has 8 heteroatoms. The zero-order valence-electron chi connectivity index (χ0n) is 10.6. The lowest BCUT2D eigenvalue weighted by Gasteiger charge is -2.05. The van der Waals surface area contributed by atoms with Crippen LogP contribution in [0.2, 0.25) is 5.02 Å². The topological polar surface area (TPSA) is 0 Å². The summed E-state index contributed by atoms with van der Waals surface area (Å²) in [6.07, 6.45) is -8.54. The molecule has 0 aliphatic rings. The molecule has 0 bridgehead atoms. The fourth-order valence-electron chi connectivity index (χ4n) is 1.30. The molecule has 0 aliphatic carbocycles. The van der Waals surface area contributed by atoms with Gasteiger partial charge in [0.05, 0.1) is 11.1 Å². The summed E-state index contributed by atoms with van der Waals surface area (Å²) in [5, 5.41) is 0.0971. The van der Waals surface area contributed by atoms with Crippen molar-refractivity contribution in [2.75, 3.05) is 0 Å². The van der Waals surface area contributed by atoms with Gasteiger partial charge < -0.3 is 0 Å². The number of rotatable bonds is 0. The molecule has 0 saturated heterocycles. The standard InChI is InChI=1S/C7H4BrF3.C7H4ClF3/c8-6-3-1-5(2-4-6)7(9,10)11;8-6-3-1-2-5(4-6)7(9,10)11/h2*1-4H. The first-order chi connectivity index (χ1) is 10.00. The minimum absolute atomic E-state index is 0.0971. The van der Waals surface area contributed by atoms with Crippen LogP contribution < -0.4 is 0 Å². The molecular formula is C14H8BrClF6. The second-order valence-corrected chi connectivity index (χ2v) is 5.36. The van der Waals surface area contributed by atoms with Gasteiger partial charge in [0, 0.05) is 9.50 Å². The Balaban J connectivity index is 0.000000220. The summed E-state index contributed by atoms with van der Waals surface area (Å²) in [5.74, 6) is 0. The smallest absolute Gasteiger partial charge is 0.166 e. The Labute approximate surface area is 135 Å². The van der Waals surface area contributed by atoms with E-state index in [-0.39, 0.29) is 5.02 Å². The SMILES string of the molecule is FC(F)(F)c1ccc(Br)cc1.FC(F)(F)c1cccc(Cl)c1. The van der Waals surface area contributed by atoms with Crippen molar-refractivity contribution in [3.63, 3.8) is 0 Å². The van der Waals surface area contributed by atoms with Crippen molar-refractivity contribution in [2.45, 2.75) is 12.4 Å². The molecule has 2 rings (SSSR count). The molecule has 0 heterocycles. The van der Waals surface area contributed by atoms with Gasteiger partial charge >= 0.3 is 12.4 Å². The van der Waals surface area contributed by atoms with E-state index in [0.717, 1.165) is 24.3 Å². The lowest BCUT2D eigenvalue weighted by Crippen LogP contribution is -2.03. The molecule has 0 unspecified atom stereocenters. The molecule has 0 atom stereocenters. The Morgan fingerprint density at radius 2 is 1.23 bits per heavy atom. The van der Waals surface area contributed by atoms with Crippen LogP contribution in [0.1, 0.15) is 11.1 Å². The third-order valence-electron chi connectivity index (χ3n) is 2.32. The van der Waals surface area contributed by atoms with Crippen molar-refractivity contribution in [2.24, 2.45) is 0 Å². The van der Waals surface area contributed by atoms with Gasteiger partial charge in [-0.25, -0.2) is 0 Å². The van der Waals surface area contributed by atoms with E-state index in [1.54, 1.807) is 0 Å². The van der Waals surface area contributed by atoms with Crippen molar-refractivity contribution in [3.8, 4) is 0 Å². The highest BCUT2D eigenvalue weighted by Gasteiger charge is 2.30. The maximum atomic E-state index is 11.9. The van der Waals surface area contributed by atoms with Crippen molar-refractivity contribution in [1.82, 2.24) is 0 Å². The highest BCUT2D eigenvalue weighted by atomic mass is 79.9. The summed E-state index contributed by atoms with van der Waals surface area (Å²) in [6.45, 7) is 0. The molecule has 0 spiro atoms. The molecule has 22 heavy (non-hydrogen) atoms. The Bertz CT molecular complexity index is 604. The summed E-state index contributed by atoms with van der Waals surface area (Å²) >= 11 is 8.40. The molecule has 0 amide bonds. The molecule has 0 fully saturated rings. The second-order valence-electron chi connectivity index (χ2n) is 4.01. The van der Waals surface area contributed by atoms with E-state index in [9.17, 15) is 26.3 Å². The highest BCUT2D eigenvalue weighted by Crippen LogP contribution is 2.30. The van der Waals surface area contributed by atoms with Crippen LogP contribution in [0.15, 0.2) is 53.0 Å². The number of hydrogen-bond donors (Lipinski definition) is 0. The Hall–Kier alpha value is -1.21. The predicted octanol–water partition coefficient (Wildman–Crippen LogP) is 6.83. The number of hydrogen-bond acceptors (Lipinski definition) is 0. The van der Waals surface area contributed by atoms with E-state index >= 15 is 0 Å². The van der Waals surface area contributed by atoms with Gasteiger partial charge in [0.2, 0.25) is 0 Å². The van der Waals surface area contributed by atoms with E-state index in [2.05, 4.69) is 15.9 Å². The number of halogens is 8. The van der Waals surface area contributed by atoms with E-state index in [1.807, 2.05) is 0 Å². The van der Waals surface area contributed by atoms with Crippen molar-refractivity contribution >= 4 is 27.5 Å². The first kappa shape index (κ1) is 18.8. The summed E-state index contributed by atoms with van der Waals surface area (Å²) in [7, 11) is 0. The van der Waals surface area contributed by atoms with Crippen molar-refractivity contribution in [3.05, 3.63) is 69.2 Å². The Kier molecular flexibility index (Phi) is 6.31. The average Bonchev–Trinajstić information content (AvgIpc) is 2.38. The van der Waals surface area contributed by atoms with Gasteiger partial charge in [-0.3, -0.25) is 0 Å². The number of benzene rings is 2. The van der Waals surface area contributed by atoms with E-state index in [1.165, 1.54) is 24.3 Å². The van der Waals surface area contributed by atoms with Gasteiger partial charge in [0.1, 0.15) is 0 Å². The van der Waals surface area contributed by atoms with E-state index in [0.29, 0.717) is 4.47 Å². The fourth-order valence-corrected chi connectivity index (χ4v) is 1.76. The van der Waals surface area contributed by atoms with Crippen LogP contribution in [0, 0.1) is 0 Å². The van der Waals surface area contributed by atoms with Crippen molar-refractivity contribution in [1.29, 1.82) is 0 Å². The van der Waals surface area contributed by atoms with Crippen LogP contribution in [0.25, 0.3) is 0 Å². The Morgan fingerprint density at radius 1 is 0.727 bits per heavy atom. The maximum absolute atomic E-state index is 11.9. The molecule has 0 saturated carbocycles. The quantitative estimate of drug-likeness (QED) is 0.422. The van der Waals surface area contributed by atoms with E-state index in [4.69, 9.17) is 11.6 Å². The van der Waals surface area contributed by atoms with Crippen LogP contribution in [-0.4, -0.2) is 0 Å². The lowest BCUT2D eigenvalue weighted by molar-refractivity contribution is -0.138. The summed E-state index contributed by atoms with van der Waals surface area (Å²) in [4.78, 5) is 0.